The number of benzene rings is 1. The van der Waals surface area contributed by atoms with E-state index in [1.165, 1.54) is 18.2 Å². The molecule has 0 atom stereocenters. The Labute approximate surface area is 118 Å². The lowest BCUT2D eigenvalue weighted by Crippen LogP contribution is -2.35. The smallest absolute Gasteiger partial charge is 0.351 e. The van der Waals surface area contributed by atoms with E-state index in [1.54, 1.807) is 0 Å². The van der Waals surface area contributed by atoms with Gasteiger partial charge in [0.05, 0.1) is 11.1 Å². The summed E-state index contributed by atoms with van der Waals surface area (Å²) in [6, 6.07) is 4.77. The molecule has 1 rings (SSSR count). The van der Waals surface area contributed by atoms with Crippen molar-refractivity contribution in [3.8, 4) is 0 Å². The predicted octanol–water partition coefficient (Wildman–Crippen LogP) is 3.86. The van der Waals surface area contributed by atoms with Gasteiger partial charge in [0.25, 0.3) is 5.91 Å². The average molecular weight is 338 g/mol. The highest BCUT2D eigenvalue weighted by atomic mass is 79.9. The van der Waals surface area contributed by atoms with Crippen LogP contribution < -0.4 is 5.32 Å². The van der Waals surface area contributed by atoms with Crippen LogP contribution in [-0.2, 0) is 6.18 Å². The number of hydrogen-bond donors (Lipinski definition) is 1. The van der Waals surface area contributed by atoms with Crippen LogP contribution in [0.15, 0.2) is 24.3 Å². The van der Waals surface area contributed by atoms with Gasteiger partial charge in [-0.05, 0) is 17.5 Å². The van der Waals surface area contributed by atoms with Gasteiger partial charge in [-0.1, -0.05) is 41.9 Å². The quantitative estimate of drug-likeness (QED) is 0.830. The first kappa shape index (κ1) is 16.0. The molecule has 0 aliphatic heterocycles. The molecule has 1 aromatic carbocycles. The van der Waals surface area contributed by atoms with Crippen LogP contribution in [-0.4, -0.2) is 17.8 Å². The van der Waals surface area contributed by atoms with E-state index in [0.717, 1.165) is 6.07 Å². The summed E-state index contributed by atoms with van der Waals surface area (Å²) < 4.78 is 38.3. The number of halogens is 4. The minimum Gasteiger partial charge on any atom is -0.351 e. The summed E-state index contributed by atoms with van der Waals surface area (Å²) in [6.45, 7) is 4.10. The van der Waals surface area contributed by atoms with E-state index < -0.39 is 17.6 Å². The topological polar surface area (TPSA) is 29.1 Å². The van der Waals surface area contributed by atoms with E-state index in [0.29, 0.717) is 11.9 Å². The Morgan fingerprint density at radius 2 is 1.84 bits per heavy atom. The maximum Gasteiger partial charge on any atom is 0.417 e. The number of hydrogen-bond acceptors (Lipinski definition) is 1. The van der Waals surface area contributed by atoms with Gasteiger partial charge in [-0.25, -0.2) is 0 Å². The first-order chi connectivity index (χ1) is 8.67. The summed E-state index contributed by atoms with van der Waals surface area (Å²) in [5, 5.41) is 3.17. The highest BCUT2D eigenvalue weighted by Gasteiger charge is 2.35. The summed E-state index contributed by atoms with van der Waals surface area (Å²) in [4.78, 5) is 11.8. The van der Waals surface area contributed by atoms with Gasteiger partial charge in [-0.2, -0.15) is 13.2 Å². The fourth-order valence-corrected chi connectivity index (χ4v) is 1.59. The molecule has 2 nitrogen and oxygen atoms in total. The lowest BCUT2D eigenvalue weighted by atomic mass is 9.96. The zero-order valence-electron chi connectivity index (χ0n) is 10.6. The van der Waals surface area contributed by atoms with Crippen molar-refractivity contribution in [2.45, 2.75) is 20.0 Å². The van der Waals surface area contributed by atoms with Gasteiger partial charge in [0.15, 0.2) is 0 Å². The van der Waals surface area contributed by atoms with Crippen molar-refractivity contribution in [2.24, 2.45) is 5.41 Å². The van der Waals surface area contributed by atoms with Crippen LogP contribution in [0.4, 0.5) is 13.2 Å². The summed E-state index contributed by atoms with van der Waals surface area (Å²) in [5.74, 6) is -0.707. The fraction of sp³-hybridized carbons (Fsp3) is 0.462. The molecular formula is C13H15BrF3NO. The third-order valence-corrected chi connectivity index (χ3v) is 4.08. The maximum atomic E-state index is 12.8. The first-order valence-electron chi connectivity index (χ1n) is 5.68. The molecule has 1 aromatic rings. The lowest BCUT2D eigenvalue weighted by molar-refractivity contribution is -0.137. The molecule has 0 saturated heterocycles. The number of carbonyl (C=O) groups is 1. The Hall–Kier alpha value is -1.04. The van der Waals surface area contributed by atoms with E-state index in [4.69, 9.17) is 0 Å². The summed E-state index contributed by atoms with van der Waals surface area (Å²) >= 11 is 3.29. The van der Waals surface area contributed by atoms with E-state index >= 15 is 0 Å². The van der Waals surface area contributed by atoms with Gasteiger partial charge < -0.3 is 5.32 Å². The predicted molar refractivity (Wildman–Crippen MR) is 71.4 cm³/mol. The second-order valence-electron chi connectivity index (χ2n) is 5.02. The highest BCUT2D eigenvalue weighted by molar-refractivity contribution is 9.09. The van der Waals surface area contributed by atoms with Gasteiger partial charge in [0, 0.05) is 11.9 Å². The Bertz CT molecular complexity index is 457. The van der Waals surface area contributed by atoms with Crippen molar-refractivity contribution in [3.63, 3.8) is 0 Å². The Morgan fingerprint density at radius 3 is 2.37 bits per heavy atom. The molecule has 6 heteroatoms. The van der Waals surface area contributed by atoms with Crippen LogP contribution in [0.2, 0.25) is 0 Å². The zero-order valence-corrected chi connectivity index (χ0v) is 12.2. The Morgan fingerprint density at radius 1 is 1.26 bits per heavy atom. The molecule has 0 heterocycles. The second-order valence-corrected chi connectivity index (χ2v) is 5.58. The van der Waals surface area contributed by atoms with E-state index in [2.05, 4.69) is 21.2 Å². The Balaban J connectivity index is 2.90. The molecule has 1 N–H and O–H groups in total. The lowest BCUT2D eigenvalue weighted by Gasteiger charge is -2.22. The van der Waals surface area contributed by atoms with Crippen LogP contribution in [0.25, 0.3) is 0 Å². The molecule has 0 fully saturated rings. The van der Waals surface area contributed by atoms with Crippen molar-refractivity contribution in [1.29, 1.82) is 0 Å². The molecule has 0 aromatic heterocycles. The van der Waals surface area contributed by atoms with Gasteiger partial charge in [0.2, 0.25) is 0 Å². The number of amides is 1. The molecular weight excluding hydrogens is 323 g/mol. The van der Waals surface area contributed by atoms with Crippen molar-refractivity contribution < 1.29 is 18.0 Å². The summed E-state index contributed by atoms with van der Waals surface area (Å²) in [6.07, 6.45) is -4.53. The molecule has 0 radical (unpaired) electrons. The van der Waals surface area contributed by atoms with Crippen LogP contribution in [0.1, 0.15) is 29.8 Å². The molecule has 0 aliphatic rings. The van der Waals surface area contributed by atoms with E-state index in [-0.39, 0.29) is 11.0 Å². The zero-order chi connectivity index (χ0) is 14.7. The molecule has 0 saturated carbocycles. The van der Waals surface area contributed by atoms with Crippen LogP contribution in [0, 0.1) is 5.41 Å². The fourth-order valence-electron chi connectivity index (χ4n) is 1.39. The third-order valence-electron chi connectivity index (χ3n) is 2.57. The van der Waals surface area contributed by atoms with Crippen molar-refractivity contribution >= 4 is 21.8 Å². The van der Waals surface area contributed by atoms with Gasteiger partial charge >= 0.3 is 6.18 Å². The summed E-state index contributed by atoms with van der Waals surface area (Å²) in [5.41, 5.74) is -1.48. The minimum atomic E-state index is -4.53. The molecule has 1 amide bonds. The molecule has 0 unspecified atom stereocenters. The highest BCUT2D eigenvalue weighted by Crippen LogP contribution is 2.31. The van der Waals surface area contributed by atoms with Crippen LogP contribution in [0.3, 0.4) is 0 Å². The van der Waals surface area contributed by atoms with Crippen molar-refractivity contribution in [2.75, 3.05) is 11.9 Å². The first-order valence-corrected chi connectivity index (χ1v) is 6.80. The maximum absolute atomic E-state index is 12.8. The van der Waals surface area contributed by atoms with Crippen molar-refractivity contribution in [1.82, 2.24) is 5.32 Å². The van der Waals surface area contributed by atoms with Crippen molar-refractivity contribution in [3.05, 3.63) is 35.4 Å². The number of carbonyl (C=O) groups excluding carboxylic acids is 1. The van der Waals surface area contributed by atoms with Crippen LogP contribution in [0.5, 0.6) is 0 Å². The molecule has 19 heavy (non-hydrogen) atoms. The molecule has 0 aliphatic carbocycles. The number of rotatable bonds is 4. The third kappa shape index (κ3) is 4.53. The molecule has 0 bridgehead atoms. The van der Waals surface area contributed by atoms with Gasteiger partial charge in [0.1, 0.15) is 0 Å². The normalized spacial score (nSPS) is 12.3. The summed E-state index contributed by atoms with van der Waals surface area (Å²) in [7, 11) is 0. The number of alkyl halides is 4. The average Bonchev–Trinajstić information content (AvgIpc) is 2.35. The van der Waals surface area contributed by atoms with Crippen LogP contribution >= 0.6 is 15.9 Å². The number of nitrogens with one attached hydrogen (secondary N) is 1. The molecule has 106 valence electrons. The largest absolute Gasteiger partial charge is 0.417 e. The Kier molecular flexibility index (Phi) is 5.01. The SMILES string of the molecule is CC(C)(CBr)CNC(=O)c1ccccc1C(F)(F)F. The molecule has 0 spiro atoms. The van der Waals surface area contributed by atoms with E-state index in [1.807, 2.05) is 13.8 Å². The standard InChI is InChI=1S/C13H15BrF3NO/c1-12(2,7-14)8-18-11(19)9-5-3-4-6-10(9)13(15,16)17/h3-6H,7-8H2,1-2H3,(H,18,19). The second kappa shape index (κ2) is 5.94. The van der Waals surface area contributed by atoms with Gasteiger partial charge in [-0.15, -0.1) is 0 Å². The van der Waals surface area contributed by atoms with E-state index in [9.17, 15) is 18.0 Å². The van der Waals surface area contributed by atoms with Gasteiger partial charge in [-0.3, -0.25) is 4.79 Å². The minimum absolute atomic E-state index is 0.219. The monoisotopic (exact) mass is 337 g/mol.